The van der Waals surface area contributed by atoms with Crippen LogP contribution in [0.25, 0.3) is 5.57 Å². The first-order valence-electron chi connectivity index (χ1n) is 12.1. The Morgan fingerprint density at radius 3 is 2.40 bits per heavy atom. The van der Waals surface area contributed by atoms with E-state index in [9.17, 15) is 4.79 Å². The molecule has 2 aliphatic rings. The summed E-state index contributed by atoms with van der Waals surface area (Å²) in [5.74, 6) is 2.57. The zero-order valence-corrected chi connectivity index (χ0v) is 20.7. The van der Waals surface area contributed by atoms with Crippen LogP contribution >= 0.6 is 0 Å². The van der Waals surface area contributed by atoms with Crippen molar-refractivity contribution in [1.82, 2.24) is 15.5 Å². The Balaban J connectivity index is 1.33. The highest BCUT2D eigenvalue weighted by atomic mass is 16.6. The van der Waals surface area contributed by atoms with Crippen molar-refractivity contribution in [3.63, 3.8) is 0 Å². The summed E-state index contributed by atoms with van der Waals surface area (Å²) in [6, 6.07) is 17.6. The first kappa shape index (κ1) is 24.6. The number of rotatable bonds is 6. The van der Waals surface area contributed by atoms with Crippen molar-refractivity contribution < 1.29 is 14.3 Å². The number of piperidine rings is 1. The van der Waals surface area contributed by atoms with Crippen molar-refractivity contribution in [2.45, 2.75) is 45.4 Å². The number of hydrogen-bond donors (Lipinski definition) is 3. The summed E-state index contributed by atoms with van der Waals surface area (Å²) >= 11 is 0. The standard InChI is InChI=1S/C27H35N5O3/c1-27(2,3)35-26(33)32-15-13-19(14-16-32)17-29-25-23(24(28)30-18-31-25)20-9-11-22(12-10-20)34-21-7-5-4-6-8-21/h4-12,18-19,25,29H,13-17,28H2,1-3H3,(H,30,31). The lowest BCUT2D eigenvalue weighted by atomic mass is 9.96. The molecule has 1 unspecified atom stereocenters. The Hall–Kier alpha value is -3.52. The summed E-state index contributed by atoms with van der Waals surface area (Å²) in [5.41, 5.74) is 7.73. The highest BCUT2D eigenvalue weighted by Crippen LogP contribution is 2.28. The molecule has 0 spiro atoms. The van der Waals surface area contributed by atoms with Crippen molar-refractivity contribution in [2.75, 3.05) is 19.6 Å². The van der Waals surface area contributed by atoms with Crippen LogP contribution in [0.4, 0.5) is 4.79 Å². The zero-order chi connectivity index (χ0) is 24.8. The van der Waals surface area contributed by atoms with Gasteiger partial charge in [0.25, 0.3) is 0 Å². The molecular weight excluding hydrogens is 442 g/mol. The van der Waals surface area contributed by atoms with Crippen LogP contribution in [0.1, 0.15) is 39.2 Å². The fraction of sp³-hybridized carbons (Fsp3) is 0.407. The molecule has 1 saturated heterocycles. The van der Waals surface area contributed by atoms with Crippen molar-refractivity contribution in [1.29, 1.82) is 0 Å². The van der Waals surface area contributed by atoms with E-state index in [1.54, 1.807) is 11.2 Å². The van der Waals surface area contributed by atoms with E-state index in [0.717, 1.165) is 42.0 Å². The van der Waals surface area contributed by atoms with Gasteiger partial charge >= 0.3 is 6.09 Å². The van der Waals surface area contributed by atoms with Crippen molar-refractivity contribution in [2.24, 2.45) is 16.6 Å². The smallest absolute Gasteiger partial charge is 0.410 e. The molecule has 0 aliphatic carbocycles. The third-order valence-corrected chi connectivity index (χ3v) is 6.02. The maximum Gasteiger partial charge on any atom is 0.410 e. The van der Waals surface area contributed by atoms with Crippen LogP contribution in [0.2, 0.25) is 0 Å². The van der Waals surface area contributed by atoms with E-state index in [4.69, 9.17) is 15.2 Å². The molecule has 2 aromatic carbocycles. The number of nitrogens with two attached hydrogens (primary N) is 1. The molecule has 0 radical (unpaired) electrons. The lowest BCUT2D eigenvalue weighted by Gasteiger charge is -2.34. The largest absolute Gasteiger partial charge is 0.457 e. The van der Waals surface area contributed by atoms with Gasteiger partial charge in [0.1, 0.15) is 29.1 Å². The topological polar surface area (TPSA) is 101 Å². The van der Waals surface area contributed by atoms with Crippen molar-refractivity contribution in [3.8, 4) is 11.5 Å². The molecule has 0 aromatic heterocycles. The molecule has 1 fully saturated rings. The molecule has 35 heavy (non-hydrogen) atoms. The van der Waals surface area contributed by atoms with Crippen LogP contribution in [0.3, 0.4) is 0 Å². The number of ether oxygens (including phenoxy) is 2. The summed E-state index contributed by atoms with van der Waals surface area (Å²) in [4.78, 5) is 18.7. The van der Waals surface area contributed by atoms with E-state index in [1.807, 2.05) is 75.4 Å². The maximum atomic E-state index is 12.3. The number of aliphatic imine (C=N–C) groups is 1. The Bertz CT molecular complexity index is 1050. The summed E-state index contributed by atoms with van der Waals surface area (Å²) in [6.07, 6.45) is 2.99. The molecule has 186 valence electrons. The average Bonchev–Trinajstić information content (AvgIpc) is 2.83. The third-order valence-electron chi connectivity index (χ3n) is 6.02. The van der Waals surface area contributed by atoms with E-state index in [-0.39, 0.29) is 12.3 Å². The van der Waals surface area contributed by atoms with Gasteiger partial charge in [-0.2, -0.15) is 0 Å². The molecule has 0 saturated carbocycles. The SMILES string of the molecule is CC(C)(C)OC(=O)N1CCC(CNC2N=CNC(N)=C2c2ccc(Oc3ccccc3)cc2)CC1. The zero-order valence-electron chi connectivity index (χ0n) is 20.7. The minimum absolute atomic E-state index is 0.232. The maximum absolute atomic E-state index is 12.3. The van der Waals surface area contributed by atoms with E-state index in [2.05, 4.69) is 15.6 Å². The molecule has 2 aromatic rings. The second-order valence-electron chi connectivity index (χ2n) is 9.91. The molecule has 1 atom stereocenters. The highest BCUT2D eigenvalue weighted by molar-refractivity contribution is 5.78. The number of hydrogen-bond acceptors (Lipinski definition) is 7. The third kappa shape index (κ3) is 6.76. The predicted molar refractivity (Wildman–Crippen MR) is 138 cm³/mol. The summed E-state index contributed by atoms with van der Waals surface area (Å²) in [5, 5.41) is 6.59. The molecule has 4 N–H and O–H groups in total. The molecular formula is C27H35N5O3. The number of nitrogens with one attached hydrogen (secondary N) is 2. The van der Waals surface area contributed by atoms with Gasteiger partial charge in [-0.15, -0.1) is 0 Å². The average molecular weight is 478 g/mol. The monoisotopic (exact) mass is 477 g/mol. The normalized spacial score (nSPS) is 18.8. The number of carbonyl (C=O) groups excluding carboxylic acids is 1. The second kappa shape index (κ2) is 10.8. The lowest BCUT2D eigenvalue weighted by molar-refractivity contribution is 0.0184. The fourth-order valence-corrected chi connectivity index (χ4v) is 4.20. The van der Waals surface area contributed by atoms with Crippen LogP contribution in [0.5, 0.6) is 11.5 Å². The predicted octanol–water partition coefficient (Wildman–Crippen LogP) is 4.30. The van der Waals surface area contributed by atoms with Crippen LogP contribution < -0.4 is 21.1 Å². The lowest BCUT2D eigenvalue weighted by Crippen LogP contribution is -2.45. The molecule has 2 aliphatic heterocycles. The Kier molecular flexibility index (Phi) is 7.60. The van der Waals surface area contributed by atoms with Gasteiger partial charge in [0.15, 0.2) is 0 Å². The number of amides is 1. The molecule has 2 heterocycles. The molecule has 1 amide bonds. The van der Waals surface area contributed by atoms with Crippen LogP contribution in [0, 0.1) is 5.92 Å². The van der Waals surface area contributed by atoms with E-state index >= 15 is 0 Å². The van der Waals surface area contributed by atoms with Gasteiger partial charge in [0, 0.05) is 25.2 Å². The minimum Gasteiger partial charge on any atom is -0.457 e. The number of nitrogens with zero attached hydrogens (tertiary/aromatic N) is 2. The minimum atomic E-state index is -0.475. The Labute approximate surface area is 207 Å². The van der Waals surface area contributed by atoms with Crippen LogP contribution in [-0.2, 0) is 4.74 Å². The number of benzene rings is 2. The van der Waals surface area contributed by atoms with E-state index in [0.29, 0.717) is 24.8 Å². The number of carbonyl (C=O) groups is 1. The van der Waals surface area contributed by atoms with Crippen LogP contribution in [-0.4, -0.2) is 48.7 Å². The van der Waals surface area contributed by atoms with Gasteiger partial charge in [0.2, 0.25) is 0 Å². The number of likely N-dealkylation sites (tertiary alicyclic amines) is 1. The quantitative estimate of drug-likeness (QED) is 0.573. The number of para-hydroxylation sites is 1. The fourth-order valence-electron chi connectivity index (χ4n) is 4.20. The van der Waals surface area contributed by atoms with Gasteiger partial charge in [-0.05, 0) is 69.4 Å². The van der Waals surface area contributed by atoms with Gasteiger partial charge in [-0.1, -0.05) is 30.3 Å². The van der Waals surface area contributed by atoms with Crippen molar-refractivity contribution >= 4 is 18.0 Å². The van der Waals surface area contributed by atoms with Gasteiger partial charge in [0.05, 0.1) is 6.34 Å². The van der Waals surface area contributed by atoms with Gasteiger partial charge < -0.3 is 25.4 Å². The summed E-state index contributed by atoms with van der Waals surface area (Å²) in [6.45, 7) is 7.86. The second-order valence-corrected chi connectivity index (χ2v) is 9.91. The summed E-state index contributed by atoms with van der Waals surface area (Å²) in [7, 11) is 0. The highest BCUT2D eigenvalue weighted by Gasteiger charge is 2.28. The first-order valence-corrected chi connectivity index (χ1v) is 12.1. The molecule has 8 nitrogen and oxygen atoms in total. The Morgan fingerprint density at radius 2 is 1.74 bits per heavy atom. The van der Waals surface area contributed by atoms with Crippen LogP contribution in [0.15, 0.2) is 65.4 Å². The van der Waals surface area contributed by atoms with Gasteiger partial charge in [-0.25, -0.2) is 4.79 Å². The Morgan fingerprint density at radius 1 is 1.09 bits per heavy atom. The van der Waals surface area contributed by atoms with E-state index < -0.39 is 5.60 Å². The molecule has 8 heteroatoms. The first-order chi connectivity index (χ1) is 16.8. The van der Waals surface area contributed by atoms with E-state index in [1.165, 1.54) is 0 Å². The van der Waals surface area contributed by atoms with Gasteiger partial charge in [-0.3, -0.25) is 10.3 Å². The molecule has 4 rings (SSSR count). The van der Waals surface area contributed by atoms with Crippen molar-refractivity contribution in [3.05, 3.63) is 66.0 Å². The summed E-state index contributed by atoms with van der Waals surface area (Å²) < 4.78 is 11.4. The molecule has 0 bridgehead atoms.